The first-order chi connectivity index (χ1) is 9.06. The summed E-state index contributed by atoms with van der Waals surface area (Å²) in [6.45, 7) is 2.44. The van der Waals surface area contributed by atoms with Crippen LogP contribution in [0.4, 0.5) is 0 Å². The Morgan fingerprint density at radius 2 is 2.32 bits per heavy atom. The molecule has 2 amide bonds. The third kappa shape index (κ3) is 2.66. The second-order valence-electron chi connectivity index (χ2n) is 4.71. The van der Waals surface area contributed by atoms with Crippen molar-refractivity contribution in [3.8, 4) is 0 Å². The molecular formula is C12H19N5O2. The van der Waals surface area contributed by atoms with Gasteiger partial charge in [0.05, 0.1) is 24.8 Å². The summed E-state index contributed by atoms with van der Waals surface area (Å²) in [7, 11) is 1.82. The van der Waals surface area contributed by atoms with Gasteiger partial charge in [0.2, 0.25) is 11.8 Å². The van der Waals surface area contributed by atoms with Gasteiger partial charge in [-0.05, 0) is 6.42 Å². The zero-order chi connectivity index (χ0) is 14.0. The Hall–Kier alpha value is -1.73. The molecule has 1 fully saturated rings. The summed E-state index contributed by atoms with van der Waals surface area (Å²) in [5.41, 5.74) is 6.75. The fraction of sp³-hybridized carbons (Fsp3) is 0.583. The molecule has 0 bridgehead atoms. The third-order valence-electron chi connectivity index (χ3n) is 3.41. The summed E-state index contributed by atoms with van der Waals surface area (Å²) in [5.74, 6) is -0.530. The molecule has 1 aromatic rings. The molecule has 0 aliphatic carbocycles. The molecular weight excluding hydrogens is 246 g/mol. The van der Waals surface area contributed by atoms with E-state index in [-0.39, 0.29) is 30.4 Å². The standard InChI is InChI=1S/C12H19N5O2/c1-3-9-12(19)15-11(18)7-17(9)10(4-13)8-5-14-16(2)6-8/h5-6,9-10H,3-4,7,13H2,1-2H3,(H,15,18,19). The van der Waals surface area contributed by atoms with E-state index in [2.05, 4.69) is 10.4 Å². The quantitative estimate of drug-likeness (QED) is 0.692. The number of aryl methyl sites for hydroxylation is 1. The van der Waals surface area contributed by atoms with E-state index in [1.807, 2.05) is 25.1 Å². The normalized spacial score (nSPS) is 22.4. The van der Waals surface area contributed by atoms with Crippen molar-refractivity contribution in [2.75, 3.05) is 13.1 Å². The Kier molecular flexibility index (Phi) is 3.96. The van der Waals surface area contributed by atoms with Gasteiger partial charge >= 0.3 is 0 Å². The lowest BCUT2D eigenvalue weighted by Crippen LogP contribution is -2.59. The average Bonchev–Trinajstić information content (AvgIpc) is 2.76. The number of imide groups is 1. The van der Waals surface area contributed by atoms with Crippen LogP contribution in [0.1, 0.15) is 24.9 Å². The van der Waals surface area contributed by atoms with E-state index in [1.165, 1.54) is 0 Å². The lowest BCUT2D eigenvalue weighted by molar-refractivity contribution is -0.141. The van der Waals surface area contributed by atoms with Crippen LogP contribution in [0.5, 0.6) is 0 Å². The molecule has 3 N–H and O–H groups in total. The molecule has 1 aromatic heterocycles. The number of rotatable bonds is 4. The summed E-state index contributed by atoms with van der Waals surface area (Å²) in [5, 5.41) is 6.48. The number of hydrogen-bond donors (Lipinski definition) is 2. The second-order valence-corrected chi connectivity index (χ2v) is 4.71. The van der Waals surface area contributed by atoms with E-state index in [0.29, 0.717) is 13.0 Å². The molecule has 2 heterocycles. The van der Waals surface area contributed by atoms with Crippen LogP contribution in [0.25, 0.3) is 0 Å². The van der Waals surface area contributed by atoms with Crippen molar-refractivity contribution >= 4 is 11.8 Å². The first-order valence-electron chi connectivity index (χ1n) is 6.34. The zero-order valence-corrected chi connectivity index (χ0v) is 11.2. The van der Waals surface area contributed by atoms with Crippen LogP contribution in [-0.4, -0.2) is 45.6 Å². The summed E-state index contributed by atoms with van der Waals surface area (Å²) < 4.78 is 1.69. The van der Waals surface area contributed by atoms with Crippen molar-refractivity contribution in [3.05, 3.63) is 18.0 Å². The van der Waals surface area contributed by atoms with Gasteiger partial charge < -0.3 is 5.73 Å². The maximum Gasteiger partial charge on any atom is 0.243 e. The highest BCUT2D eigenvalue weighted by Gasteiger charge is 2.37. The SMILES string of the molecule is CCC1C(=O)NC(=O)CN1C(CN)c1cnn(C)c1. The van der Waals surface area contributed by atoms with Crippen molar-refractivity contribution in [2.24, 2.45) is 12.8 Å². The van der Waals surface area contributed by atoms with Gasteiger partial charge in [-0.1, -0.05) is 6.92 Å². The number of amides is 2. The van der Waals surface area contributed by atoms with Gasteiger partial charge in [0, 0.05) is 25.4 Å². The van der Waals surface area contributed by atoms with Crippen molar-refractivity contribution in [2.45, 2.75) is 25.4 Å². The number of nitrogens with zero attached hydrogens (tertiary/aromatic N) is 3. The molecule has 1 aliphatic heterocycles. The fourth-order valence-electron chi connectivity index (χ4n) is 2.51. The third-order valence-corrected chi connectivity index (χ3v) is 3.41. The number of nitrogens with two attached hydrogens (primary N) is 1. The monoisotopic (exact) mass is 265 g/mol. The second kappa shape index (κ2) is 5.50. The van der Waals surface area contributed by atoms with Gasteiger partial charge in [0.1, 0.15) is 0 Å². The Morgan fingerprint density at radius 3 is 2.84 bits per heavy atom. The molecule has 19 heavy (non-hydrogen) atoms. The Bertz CT molecular complexity index is 484. The number of piperazine rings is 1. The molecule has 104 valence electrons. The minimum atomic E-state index is -0.327. The van der Waals surface area contributed by atoms with Crippen LogP contribution >= 0.6 is 0 Å². The van der Waals surface area contributed by atoms with Crippen LogP contribution in [0.3, 0.4) is 0 Å². The summed E-state index contributed by atoms with van der Waals surface area (Å²) >= 11 is 0. The van der Waals surface area contributed by atoms with E-state index in [0.717, 1.165) is 5.56 Å². The molecule has 0 radical (unpaired) electrons. The summed E-state index contributed by atoms with van der Waals surface area (Å²) in [4.78, 5) is 25.3. The van der Waals surface area contributed by atoms with E-state index >= 15 is 0 Å². The van der Waals surface area contributed by atoms with Crippen LogP contribution in [0.15, 0.2) is 12.4 Å². The minimum absolute atomic E-state index is 0.173. The lowest BCUT2D eigenvalue weighted by atomic mass is 10.0. The molecule has 7 nitrogen and oxygen atoms in total. The highest BCUT2D eigenvalue weighted by Crippen LogP contribution is 2.24. The largest absolute Gasteiger partial charge is 0.329 e. The Labute approximate surface area is 111 Å². The van der Waals surface area contributed by atoms with Crippen molar-refractivity contribution in [1.29, 1.82) is 0 Å². The number of hydrogen-bond acceptors (Lipinski definition) is 5. The predicted octanol–water partition coefficient (Wildman–Crippen LogP) is -0.843. The van der Waals surface area contributed by atoms with Gasteiger partial charge in [-0.15, -0.1) is 0 Å². The van der Waals surface area contributed by atoms with E-state index in [1.54, 1.807) is 10.9 Å². The van der Waals surface area contributed by atoms with E-state index in [9.17, 15) is 9.59 Å². The maximum atomic E-state index is 11.9. The van der Waals surface area contributed by atoms with Gasteiger partial charge in [0.15, 0.2) is 0 Å². The van der Waals surface area contributed by atoms with Crippen LogP contribution in [0.2, 0.25) is 0 Å². The van der Waals surface area contributed by atoms with Crippen molar-refractivity contribution in [1.82, 2.24) is 20.0 Å². The number of carbonyl (C=O) groups excluding carboxylic acids is 2. The fourth-order valence-corrected chi connectivity index (χ4v) is 2.51. The van der Waals surface area contributed by atoms with Crippen LogP contribution < -0.4 is 11.1 Å². The van der Waals surface area contributed by atoms with E-state index < -0.39 is 0 Å². The molecule has 0 saturated carbocycles. The molecule has 1 aliphatic rings. The van der Waals surface area contributed by atoms with Crippen molar-refractivity contribution in [3.63, 3.8) is 0 Å². The number of carbonyl (C=O) groups is 2. The molecule has 1 saturated heterocycles. The summed E-state index contributed by atoms with van der Waals surface area (Å²) in [6, 6.07) is -0.500. The zero-order valence-electron chi connectivity index (χ0n) is 11.2. The average molecular weight is 265 g/mol. The highest BCUT2D eigenvalue weighted by molar-refractivity contribution is 6.01. The number of nitrogens with one attached hydrogen (secondary N) is 1. The first kappa shape index (κ1) is 13.7. The molecule has 2 rings (SSSR count). The van der Waals surface area contributed by atoms with Crippen LogP contribution in [-0.2, 0) is 16.6 Å². The van der Waals surface area contributed by atoms with Gasteiger partial charge in [-0.3, -0.25) is 24.5 Å². The smallest absolute Gasteiger partial charge is 0.243 e. The predicted molar refractivity (Wildman–Crippen MR) is 68.9 cm³/mol. The maximum absolute atomic E-state index is 11.9. The molecule has 7 heteroatoms. The topological polar surface area (TPSA) is 93.2 Å². The van der Waals surface area contributed by atoms with Gasteiger partial charge in [-0.25, -0.2) is 0 Å². The number of aromatic nitrogens is 2. The van der Waals surface area contributed by atoms with Crippen LogP contribution in [0, 0.1) is 0 Å². The molecule has 2 atom stereocenters. The van der Waals surface area contributed by atoms with E-state index in [4.69, 9.17) is 5.73 Å². The Balaban J connectivity index is 2.29. The van der Waals surface area contributed by atoms with Gasteiger partial charge in [0.25, 0.3) is 0 Å². The highest BCUT2D eigenvalue weighted by atomic mass is 16.2. The lowest BCUT2D eigenvalue weighted by Gasteiger charge is -2.38. The summed E-state index contributed by atoms with van der Waals surface area (Å²) in [6.07, 6.45) is 4.22. The first-order valence-corrected chi connectivity index (χ1v) is 6.34. The molecule has 2 unspecified atom stereocenters. The minimum Gasteiger partial charge on any atom is -0.329 e. The molecule has 0 aromatic carbocycles. The van der Waals surface area contributed by atoms with Gasteiger partial charge in [-0.2, -0.15) is 5.10 Å². The Morgan fingerprint density at radius 1 is 1.58 bits per heavy atom. The molecule has 0 spiro atoms. The van der Waals surface area contributed by atoms with Crippen molar-refractivity contribution < 1.29 is 9.59 Å².